The number of piperidine rings is 1. The molecule has 144 valence electrons. The number of carbonyl (C=O) groups excluding carboxylic acids is 1. The first-order valence-electron chi connectivity index (χ1n) is 8.54. The molecule has 3 N–H and O–H groups in total. The Labute approximate surface area is 170 Å². The Kier molecular flexibility index (Phi) is 9.31. The quantitative estimate of drug-likeness (QED) is 0.216. The molecule has 1 aromatic carbocycles. The number of primary amides is 1. The number of amides is 1. The number of likely N-dealkylation sites (tertiary alicyclic amines) is 1. The van der Waals surface area contributed by atoms with Crippen molar-refractivity contribution in [1.82, 2.24) is 10.2 Å². The molecule has 1 atom stereocenters. The Bertz CT molecular complexity index is 636. The van der Waals surface area contributed by atoms with Gasteiger partial charge in [-0.25, -0.2) is 4.99 Å². The van der Waals surface area contributed by atoms with Crippen LogP contribution in [0.15, 0.2) is 29.3 Å². The van der Waals surface area contributed by atoms with E-state index in [1.807, 2.05) is 6.92 Å². The maximum absolute atomic E-state index is 11.2. The zero-order valence-electron chi connectivity index (χ0n) is 14.9. The first-order valence-corrected chi connectivity index (χ1v) is 8.54. The number of nitrogens with two attached hydrogens (primary N) is 1. The van der Waals surface area contributed by atoms with Crippen LogP contribution in [0.4, 0.5) is 5.69 Å². The molecule has 1 unspecified atom stereocenters. The van der Waals surface area contributed by atoms with Crippen molar-refractivity contribution in [3.8, 4) is 0 Å². The number of hydrogen-bond donors (Lipinski definition) is 2. The van der Waals surface area contributed by atoms with Gasteiger partial charge in [0.05, 0.1) is 11.5 Å². The zero-order chi connectivity index (χ0) is 18.2. The lowest BCUT2D eigenvalue weighted by Gasteiger charge is -2.34. The lowest BCUT2D eigenvalue weighted by atomic mass is 9.95. The molecule has 1 aliphatic rings. The van der Waals surface area contributed by atoms with Gasteiger partial charge in [-0.05, 0) is 31.2 Å². The molecule has 0 spiro atoms. The number of hydrogen-bond acceptors (Lipinski definition) is 4. The molecule has 9 heteroatoms. The van der Waals surface area contributed by atoms with E-state index in [1.54, 1.807) is 12.1 Å². The minimum Gasteiger partial charge on any atom is -0.370 e. The standard InChI is InChI=1S/C17H25N5O3.HI/c1-2-19-17(21-9-3-4-14(12-21)10-16(18)23)20-11-13-5-7-15(8-6-13)22(24)25;/h5-8,14H,2-4,9-12H2,1H3,(H2,18,23)(H,19,20);1H. The molecule has 1 amide bonds. The molecule has 0 radical (unpaired) electrons. The van der Waals surface area contributed by atoms with E-state index in [1.165, 1.54) is 12.1 Å². The fraction of sp³-hybridized carbons (Fsp3) is 0.529. The van der Waals surface area contributed by atoms with Crippen molar-refractivity contribution < 1.29 is 9.72 Å². The van der Waals surface area contributed by atoms with Crippen LogP contribution >= 0.6 is 24.0 Å². The first kappa shape index (κ1) is 22.1. The number of carbonyl (C=O) groups is 1. The van der Waals surface area contributed by atoms with Gasteiger partial charge in [0, 0.05) is 38.2 Å². The number of nitro groups is 1. The first-order chi connectivity index (χ1) is 12.0. The van der Waals surface area contributed by atoms with E-state index in [4.69, 9.17) is 5.73 Å². The average molecular weight is 475 g/mol. The molecule has 8 nitrogen and oxygen atoms in total. The Morgan fingerprint density at radius 1 is 1.42 bits per heavy atom. The highest BCUT2D eigenvalue weighted by atomic mass is 127. The van der Waals surface area contributed by atoms with Gasteiger partial charge in [0.25, 0.3) is 5.69 Å². The maximum Gasteiger partial charge on any atom is 0.269 e. The summed E-state index contributed by atoms with van der Waals surface area (Å²) in [5.74, 6) is 0.796. The van der Waals surface area contributed by atoms with Crippen LogP contribution < -0.4 is 11.1 Å². The molecule has 0 aliphatic carbocycles. The van der Waals surface area contributed by atoms with Crippen LogP contribution in [-0.2, 0) is 11.3 Å². The van der Waals surface area contributed by atoms with Crippen LogP contribution in [0.5, 0.6) is 0 Å². The average Bonchev–Trinajstić information content (AvgIpc) is 2.58. The molecular weight excluding hydrogens is 449 g/mol. The summed E-state index contributed by atoms with van der Waals surface area (Å²) in [6, 6.07) is 6.41. The highest BCUT2D eigenvalue weighted by Crippen LogP contribution is 2.20. The number of halogens is 1. The Morgan fingerprint density at radius 2 is 2.12 bits per heavy atom. The highest BCUT2D eigenvalue weighted by molar-refractivity contribution is 14.0. The van der Waals surface area contributed by atoms with Gasteiger partial charge in [-0.1, -0.05) is 12.1 Å². The second kappa shape index (κ2) is 10.9. The summed E-state index contributed by atoms with van der Waals surface area (Å²) in [7, 11) is 0. The third-order valence-electron chi connectivity index (χ3n) is 4.20. The van der Waals surface area contributed by atoms with Crippen molar-refractivity contribution in [3.05, 3.63) is 39.9 Å². The van der Waals surface area contributed by atoms with Crippen LogP contribution in [0.3, 0.4) is 0 Å². The van der Waals surface area contributed by atoms with Crippen molar-refractivity contribution in [2.24, 2.45) is 16.6 Å². The van der Waals surface area contributed by atoms with Crippen molar-refractivity contribution in [2.45, 2.75) is 32.7 Å². The molecule has 1 aliphatic heterocycles. The predicted molar refractivity (Wildman–Crippen MR) is 111 cm³/mol. The number of guanidine groups is 1. The fourth-order valence-corrected chi connectivity index (χ4v) is 3.02. The largest absolute Gasteiger partial charge is 0.370 e. The van der Waals surface area contributed by atoms with E-state index in [2.05, 4.69) is 15.2 Å². The van der Waals surface area contributed by atoms with Gasteiger partial charge in [-0.15, -0.1) is 24.0 Å². The highest BCUT2D eigenvalue weighted by Gasteiger charge is 2.23. The summed E-state index contributed by atoms with van der Waals surface area (Å²) in [4.78, 5) is 28.3. The van der Waals surface area contributed by atoms with Crippen LogP contribution in [0.2, 0.25) is 0 Å². The SMILES string of the molecule is CCNC(=NCc1ccc([N+](=O)[O-])cc1)N1CCCC(CC(N)=O)C1.I. The molecule has 1 heterocycles. The lowest BCUT2D eigenvalue weighted by molar-refractivity contribution is -0.384. The number of non-ortho nitro benzene ring substituents is 1. The zero-order valence-corrected chi connectivity index (χ0v) is 17.2. The summed E-state index contributed by atoms with van der Waals surface area (Å²) in [6.07, 6.45) is 2.40. The number of nitro benzene ring substituents is 1. The molecule has 0 bridgehead atoms. The maximum atomic E-state index is 11.2. The second-order valence-electron chi connectivity index (χ2n) is 6.22. The van der Waals surface area contributed by atoms with Crippen LogP contribution in [0.1, 0.15) is 31.7 Å². The topological polar surface area (TPSA) is 114 Å². The van der Waals surface area contributed by atoms with Gasteiger partial charge in [0.15, 0.2) is 5.96 Å². The minimum absolute atomic E-state index is 0. The summed E-state index contributed by atoms with van der Waals surface area (Å²) in [6.45, 7) is 4.84. The third-order valence-corrected chi connectivity index (χ3v) is 4.20. The van der Waals surface area contributed by atoms with Crippen LogP contribution in [-0.4, -0.2) is 41.3 Å². The smallest absolute Gasteiger partial charge is 0.269 e. The molecule has 0 aromatic heterocycles. The van der Waals surface area contributed by atoms with Crippen LogP contribution in [0.25, 0.3) is 0 Å². The third kappa shape index (κ3) is 6.77. The number of aliphatic imine (C=N–C) groups is 1. The van der Waals surface area contributed by atoms with Crippen molar-refractivity contribution in [2.75, 3.05) is 19.6 Å². The normalized spacial score (nSPS) is 17.3. The summed E-state index contributed by atoms with van der Waals surface area (Å²) >= 11 is 0. The lowest BCUT2D eigenvalue weighted by Crippen LogP contribution is -2.47. The minimum atomic E-state index is -0.413. The number of nitrogens with zero attached hydrogens (tertiary/aromatic N) is 3. The molecule has 0 saturated carbocycles. The summed E-state index contributed by atoms with van der Waals surface area (Å²) in [5, 5.41) is 14.0. The molecule has 1 saturated heterocycles. The summed E-state index contributed by atoms with van der Waals surface area (Å²) < 4.78 is 0. The van der Waals surface area contributed by atoms with E-state index in [-0.39, 0.29) is 41.5 Å². The van der Waals surface area contributed by atoms with E-state index in [0.717, 1.165) is 44.0 Å². The number of benzene rings is 1. The fourth-order valence-electron chi connectivity index (χ4n) is 3.02. The van der Waals surface area contributed by atoms with E-state index in [0.29, 0.717) is 13.0 Å². The van der Waals surface area contributed by atoms with Gasteiger partial charge in [0.1, 0.15) is 0 Å². The number of rotatable bonds is 6. The van der Waals surface area contributed by atoms with Crippen molar-refractivity contribution in [1.29, 1.82) is 0 Å². The van der Waals surface area contributed by atoms with Gasteiger partial charge < -0.3 is 16.0 Å². The Hall–Kier alpha value is -1.91. The van der Waals surface area contributed by atoms with Crippen molar-refractivity contribution >= 4 is 41.5 Å². The van der Waals surface area contributed by atoms with Gasteiger partial charge >= 0.3 is 0 Å². The monoisotopic (exact) mass is 475 g/mol. The molecule has 1 fully saturated rings. The molecule has 26 heavy (non-hydrogen) atoms. The van der Waals surface area contributed by atoms with Crippen molar-refractivity contribution in [3.63, 3.8) is 0 Å². The van der Waals surface area contributed by atoms with Gasteiger partial charge in [-0.2, -0.15) is 0 Å². The van der Waals surface area contributed by atoms with E-state index < -0.39 is 4.92 Å². The predicted octanol–water partition coefficient (Wildman–Crippen LogP) is 2.27. The summed E-state index contributed by atoms with van der Waals surface area (Å²) in [5.41, 5.74) is 6.30. The molecule has 1 aromatic rings. The molecular formula is C17H26IN5O3. The van der Waals surface area contributed by atoms with Gasteiger partial charge in [0.2, 0.25) is 5.91 Å². The number of nitrogens with one attached hydrogen (secondary N) is 1. The Balaban J connectivity index is 0.00000338. The Morgan fingerprint density at radius 3 is 2.69 bits per heavy atom. The second-order valence-corrected chi connectivity index (χ2v) is 6.22. The van der Waals surface area contributed by atoms with Crippen LogP contribution in [0, 0.1) is 16.0 Å². The molecule has 2 rings (SSSR count). The van der Waals surface area contributed by atoms with Gasteiger partial charge in [-0.3, -0.25) is 14.9 Å². The van der Waals surface area contributed by atoms with E-state index in [9.17, 15) is 14.9 Å². The van der Waals surface area contributed by atoms with E-state index >= 15 is 0 Å².